The highest BCUT2D eigenvalue weighted by Crippen LogP contribution is 2.47. The van der Waals surface area contributed by atoms with E-state index in [0.29, 0.717) is 17.5 Å². The topological polar surface area (TPSA) is 61.0 Å². The van der Waals surface area contributed by atoms with E-state index in [9.17, 15) is 0 Å². The highest BCUT2D eigenvalue weighted by Gasteiger charge is 2.38. The first-order valence-corrected chi connectivity index (χ1v) is 12.7. The van der Waals surface area contributed by atoms with E-state index in [2.05, 4.69) is 36.4 Å². The summed E-state index contributed by atoms with van der Waals surface area (Å²) in [7, 11) is 0. The van der Waals surface area contributed by atoms with Crippen molar-refractivity contribution in [3.05, 3.63) is 127 Å². The van der Waals surface area contributed by atoms with E-state index >= 15 is 0 Å². The summed E-state index contributed by atoms with van der Waals surface area (Å²) in [5.74, 6) is 2.86. The number of nitrogens with zero attached hydrogens (tertiary/aromatic N) is 3. The molecule has 4 aromatic carbocycles. The Kier molecular flexibility index (Phi) is 4.58. The van der Waals surface area contributed by atoms with Crippen LogP contribution >= 0.6 is 0 Å². The maximum atomic E-state index is 6.26. The van der Waals surface area contributed by atoms with E-state index in [1.165, 1.54) is 0 Å². The van der Waals surface area contributed by atoms with Crippen LogP contribution in [0, 0.1) is 0 Å². The molecule has 8 rings (SSSR count). The van der Waals surface area contributed by atoms with Gasteiger partial charge in [-0.05, 0) is 36.4 Å². The summed E-state index contributed by atoms with van der Waals surface area (Å²) in [6, 6.07) is 32.5. The van der Waals surface area contributed by atoms with Crippen molar-refractivity contribution in [2.45, 2.75) is 12.0 Å². The molecule has 3 heterocycles. The zero-order valence-corrected chi connectivity index (χ0v) is 20.3. The van der Waals surface area contributed by atoms with E-state index in [0.717, 1.165) is 50.0 Å². The standard InChI is InChI=1S/C33H21N3O2/c1-2-9-20(10-3-1)31-34-32(21-17-18-28-25(19-21)22-11-4-6-14-26(22)37-28)36-33(35-31)24-13-8-16-29-30(24)23-12-5-7-15-27(23)38-29/h1-19,29-30H. The van der Waals surface area contributed by atoms with Crippen LogP contribution in [0.2, 0.25) is 0 Å². The molecule has 38 heavy (non-hydrogen) atoms. The number of aromatic nitrogens is 3. The number of hydrogen-bond acceptors (Lipinski definition) is 5. The smallest absolute Gasteiger partial charge is 0.164 e. The Morgan fingerprint density at radius 2 is 1.34 bits per heavy atom. The molecule has 0 bridgehead atoms. The van der Waals surface area contributed by atoms with Gasteiger partial charge in [0.1, 0.15) is 23.0 Å². The number of rotatable bonds is 3. The third kappa shape index (κ3) is 3.29. The fourth-order valence-corrected chi connectivity index (χ4v) is 5.53. The van der Waals surface area contributed by atoms with Crippen LogP contribution in [0.25, 0.3) is 50.3 Å². The van der Waals surface area contributed by atoms with Crippen molar-refractivity contribution in [2.24, 2.45) is 0 Å². The third-order valence-corrected chi connectivity index (χ3v) is 7.32. The Morgan fingerprint density at radius 1 is 0.605 bits per heavy atom. The highest BCUT2D eigenvalue weighted by atomic mass is 16.5. The number of allylic oxidation sites excluding steroid dienone is 2. The third-order valence-electron chi connectivity index (χ3n) is 7.32. The molecule has 0 fully saturated rings. The van der Waals surface area contributed by atoms with Crippen LogP contribution in [0.5, 0.6) is 5.75 Å². The maximum Gasteiger partial charge on any atom is 0.164 e. The summed E-state index contributed by atoms with van der Waals surface area (Å²) < 4.78 is 12.3. The van der Waals surface area contributed by atoms with Gasteiger partial charge in [0.2, 0.25) is 0 Å². The van der Waals surface area contributed by atoms with Gasteiger partial charge < -0.3 is 9.15 Å². The molecule has 0 N–H and O–H groups in total. The molecule has 2 unspecified atom stereocenters. The molecule has 2 aliphatic rings. The molecular formula is C33H21N3O2. The highest BCUT2D eigenvalue weighted by molar-refractivity contribution is 6.06. The average molecular weight is 492 g/mol. The largest absolute Gasteiger partial charge is 0.485 e. The molecule has 5 nitrogen and oxygen atoms in total. The van der Waals surface area contributed by atoms with Crippen LogP contribution in [0.1, 0.15) is 17.3 Å². The predicted octanol–water partition coefficient (Wildman–Crippen LogP) is 7.60. The minimum Gasteiger partial charge on any atom is -0.485 e. The molecule has 0 saturated carbocycles. The van der Waals surface area contributed by atoms with Crippen LogP contribution in [0.4, 0.5) is 0 Å². The van der Waals surface area contributed by atoms with Crippen LogP contribution in [0.15, 0.2) is 120 Å². The summed E-state index contributed by atoms with van der Waals surface area (Å²) in [4.78, 5) is 15.0. The summed E-state index contributed by atoms with van der Waals surface area (Å²) >= 11 is 0. The molecule has 0 amide bonds. The molecule has 6 aromatic rings. The number of ether oxygens (including phenoxy) is 1. The average Bonchev–Trinajstić information content (AvgIpc) is 3.55. The number of hydrogen-bond donors (Lipinski definition) is 0. The van der Waals surface area contributed by atoms with Gasteiger partial charge in [-0.25, -0.2) is 15.0 Å². The normalized spacial score (nSPS) is 17.7. The fraction of sp³-hybridized carbons (Fsp3) is 0.0606. The first-order valence-electron chi connectivity index (χ1n) is 12.7. The van der Waals surface area contributed by atoms with Crippen molar-refractivity contribution in [2.75, 3.05) is 0 Å². The summed E-state index contributed by atoms with van der Waals surface area (Å²) in [5, 5.41) is 2.11. The molecule has 180 valence electrons. The van der Waals surface area contributed by atoms with Gasteiger partial charge in [-0.2, -0.15) is 0 Å². The van der Waals surface area contributed by atoms with Crippen LogP contribution < -0.4 is 4.74 Å². The molecule has 0 saturated heterocycles. The summed E-state index contributed by atoms with van der Waals surface area (Å²) in [5.41, 5.74) is 5.75. The van der Waals surface area contributed by atoms with E-state index < -0.39 is 0 Å². The van der Waals surface area contributed by atoms with Crippen LogP contribution in [-0.4, -0.2) is 21.1 Å². The summed E-state index contributed by atoms with van der Waals surface area (Å²) in [6.45, 7) is 0. The van der Waals surface area contributed by atoms with Crippen LogP contribution in [0.3, 0.4) is 0 Å². The maximum absolute atomic E-state index is 6.26. The van der Waals surface area contributed by atoms with E-state index in [-0.39, 0.29) is 12.0 Å². The molecular weight excluding hydrogens is 470 g/mol. The fourth-order valence-electron chi connectivity index (χ4n) is 5.53. The number of fused-ring (bicyclic) bond motifs is 6. The van der Waals surface area contributed by atoms with Gasteiger partial charge in [0, 0.05) is 33.0 Å². The first kappa shape index (κ1) is 21.1. The Labute approximate surface area is 218 Å². The molecule has 0 radical (unpaired) electrons. The number of benzene rings is 4. The van der Waals surface area contributed by atoms with Crippen molar-refractivity contribution >= 4 is 27.5 Å². The number of para-hydroxylation sites is 2. The zero-order chi connectivity index (χ0) is 25.1. The lowest BCUT2D eigenvalue weighted by Crippen LogP contribution is -2.20. The van der Waals surface area contributed by atoms with E-state index in [4.69, 9.17) is 24.1 Å². The van der Waals surface area contributed by atoms with Gasteiger partial charge in [-0.3, -0.25) is 0 Å². The van der Waals surface area contributed by atoms with Gasteiger partial charge in [0.15, 0.2) is 17.5 Å². The molecule has 5 heteroatoms. The molecule has 0 spiro atoms. The molecule has 1 aliphatic heterocycles. The minimum atomic E-state index is -0.0820. The lowest BCUT2D eigenvalue weighted by molar-refractivity contribution is 0.271. The van der Waals surface area contributed by atoms with Gasteiger partial charge in [-0.15, -0.1) is 0 Å². The van der Waals surface area contributed by atoms with E-state index in [1.54, 1.807) is 0 Å². The SMILES string of the molecule is C1=CC2Oc3ccccc3C2C(c2nc(-c3ccccc3)nc(-c3ccc4oc5ccccc5c4c3)n2)=C1. The summed E-state index contributed by atoms with van der Waals surface area (Å²) in [6.07, 6.45) is 6.17. The van der Waals surface area contributed by atoms with Crippen molar-refractivity contribution in [1.82, 2.24) is 15.0 Å². The second kappa shape index (κ2) is 8.25. The Hall–Kier alpha value is -5.03. The van der Waals surface area contributed by atoms with Gasteiger partial charge in [0.25, 0.3) is 0 Å². The van der Waals surface area contributed by atoms with Gasteiger partial charge >= 0.3 is 0 Å². The quantitative estimate of drug-likeness (QED) is 0.255. The zero-order valence-electron chi connectivity index (χ0n) is 20.3. The van der Waals surface area contributed by atoms with Gasteiger partial charge in [-0.1, -0.05) is 78.9 Å². The minimum absolute atomic E-state index is 0.0235. The lowest BCUT2D eigenvalue weighted by atomic mass is 9.84. The van der Waals surface area contributed by atoms with Crippen molar-refractivity contribution in [1.29, 1.82) is 0 Å². The van der Waals surface area contributed by atoms with Crippen molar-refractivity contribution in [3.63, 3.8) is 0 Å². The van der Waals surface area contributed by atoms with E-state index in [1.807, 2.05) is 78.9 Å². The molecule has 1 aliphatic carbocycles. The van der Waals surface area contributed by atoms with Gasteiger partial charge in [0.05, 0.1) is 5.92 Å². The predicted molar refractivity (Wildman–Crippen MR) is 149 cm³/mol. The van der Waals surface area contributed by atoms with Crippen LogP contribution in [-0.2, 0) is 0 Å². The van der Waals surface area contributed by atoms with Crippen molar-refractivity contribution < 1.29 is 9.15 Å². The Morgan fingerprint density at radius 3 is 2.26 bits per heavy atom. The van der Waals surface area contributed by atoms with Crippen molar-refractivity contribution in [3.8, 4) is 28.5 Å². The second-order valence-electron chi connectivity index (χ2n) is 9.59. The number of furan rings is 1. The molecule has 2 atom stereocenters. The Balaban J connectivity index is 1.33. The second-order valence-corrected chi connectivity index (χ2v) is 9.59. The lowest BCUT2D eigenvalue weighted by Gasteiger charge is -2.22. The monoisotopic (exact) mass is 491 g/mol. The Bertz CT molecular complexity index is 1920. The first-order chi connectivity index (χ1) is 18.8. The molecule has 2 aromatic heterocycles.